The summed E-state index contributed by atoms with van der Waals surface area (Å²) in [5, 5.41) is 6.23. The Labute approximate surface area is 115 Å². The standard InChI is InChI=1S/C16H24N2O/c1-12(2)10-13-5-7-14(8-6-13)11-18-15-4-3-9-17-16(15)19/h5-8,12,15,18H,3-4,9-11H2,1-2H3,(H,17,19). The van der Waals surface area contributed by atoms with Gasteiger partial charge in [0.05, 0.1) is 6.04 Å². The molecule has 3 heteroatoms. The van der Waals surface area contributed by atoms with Crippen molar-refractivity contribution in [2.75, 3.05) is 6.54 Å². The van der Waals surface area contributed by atoms with E-state index >= 15 is 0 Å². The summed E-state index contributed by atoms with van der Waals surface area (Å²) in [6.45, 7) is 6.05. The lowest BCUT2D eigenvalue weighted by molar-refractivity contribution is -0.124. The first-order valence-electron chi connectivity index (χ1n) is 7.24. The van der Waals surface area contributed by atoms with E-state index in [2.05, 4.69) is 48.7 Å². The van der Waals surface area contributed by atoms with Crippen LogP contribution in [0.1, 0.15) is 37.8 Å². The number of piperidine rings is 1. The molecule has 1 aliphatic rings. The number of nitrogens with one attached hydrogen (secondary N) is 2. The molecule has 0 aromatic heterocycles. The van der Waals surface area contributed by atoms with Crippen LogP contribution >= 0.6 is 0 Å². The molecular weight excluding hydrogens is 236 g/mol. The number of rotatable bonds is 5. The smallest absolute Gasteiger partial charge is 0.237 e. The second-order valence-electron chi connectivity index (χ2n) is 5.78. The number of hydrogen-bond donors (Lipinski definition) is 2. The van der Waals surface area contributed by atoms with E-state index in [1.54, 1.807) is 0 Å². The maximum atomic E-state index is 11.6. The van der Waals surface area contributed by atoms with E-state index in [9.17, 15) is 4.79 Å². The van der Waals surface area contributed by atoms with E-state index in [4.69, 9.17) is 0 Å². The molecule has 1 saturated heterocycles. The van der Waals surface area contributed by atoms with Crippen LogP contribution in [-0.2, 0) is 17.8 Å². The molecule has 0 bridgehead atoms. The van der Waals surface area contributed by atoms with Crippen molar-refractivity contribution in [2.45, 2.75) is 45.7 Å². The highest BCUT2D eigenvalue weighted by molar-refractivity contribution is 5.82. The van der Waals surface area contributed by atoms with Gasteiger partial charge >= 0.3 is 0 Å². The van der Waals surface area contributed by atoms with Crippen molar-refractivity contribution in [1.29, 1.82) is 0 Å². The number of hydrogen-bond acceptors (Lipinski definition) is 2. The van der Waals surface area contributed by atoms with Gasteiger partial charge in [-0.15, -0.1) is 0 Å². The lowest BCUT2D eigenvalue weighted by Gasteiger charge is -2.22. The molecule has 3 nitrogen and oxygen atoms in total. The maximum absolute atomic E-state index is 11.6. The third-order valence-corrected chi connectivity index (χ3v) is 3.50. The molecule has 1 unspecified atom stereocenters. The summed E-state index contributed by atoms with van der Waals surface area (Å²) in [4.78, 5) is 11.6. The second-order valence-corrected chi connectivity index (χ2v) is 5.78. The number of amides is 1. The van der Waals surface area contributed by atoms with Crippen molar-refractivity contribution in [1.82, 2.24) is 10.6 Å². The Hall–Kier alpha value is -1.35. The molecule has 1 fully saturated rings. The average molecular weight is 260 g/mol. The second kappa shape index (κ2) is 6.71. The molecular formula is C16H24N2O. The van der Waals surface area contributed by atoms with E-state index in [1.165, 1.54) is 11.1 Å². The summed E-state index contributed by atoms with van der Waals surface area (Å²) in [5.41, 5.74) is 2.63. The number of carbonyl (C=O) groups is 1. The summed E-state index contributed by atoms with van der Waals surface area (Å²) >= 11 is 0. The van der Waals surface area contributed by atoms with Crippen molar-refractivity contribution in [3.05, 3.63) is 35.4 Å². The summed E-state index contributed by atoms with van der Waals surface area (Å²) in [6, 6.07) is 8.68. The van der Waals surface area contributed by atoms with Crippen molar-refractivity contribution in [2.24, 2.45) is 5.92 Å². The van der Waals surface area contributed by atoms with Crippen LogP contribution in [0.3, 0.4) is 0 Å². The van der Waals surface area contributed by atoms with Crippen LogP contribution in [0.5, 0.6) is 0 Å². The van der Waals surface area contributed by atoms with Gasteiger partial charge in [0.2, 0.25) is 5.91 Å². The van der Waals surface area contributed by atoms with Gasteiger partial charge in [-0.05, 0) is 36.3 Å². The van der Waals surface area contributed by atoms with E-state index in [0.717, 1.165) is 32.4 Å². The van der Waals surface area contributed by atoms with Crippen LogP contribution in [0.15, 0.2) is 24.3 Å². The van der Waals surface area contributed by atoms with Crippen molar-refractivity contribution in [3.8, 4) is 0 Å². The predicted molar refractivity (Wildman–Crippen MR) is 77.9 cm³/mol. The fourth-order valence-corrected chi connectivity index (χ4v) is 2.47. The maximum Gasteiger partial charge on any atom is 0.237 e. The molecule has 1 aromatic rings. The highest BCUT2D eigenvalue weighted by atomic mass is 16.2. The van der Waals surface area contributed by atoms with Gasteiger partial charge in [-0.2, -0.15) is 0 Å². The molecule has 1 amide bonds. The zero-order valence-corrected chi connectivity index (χ0v) is 11.9. The Bertz CT molecular complexity index is 411. The van der Waals surface area contributed by atoms with E-state index in [-0.39, 0.29) is 11.9 Å². The zero-order valence-electron chi connectivity index (χ0n) is 11.9. The van der Waals surface area contributed by atoms with Crippen LogP contribution in [0, 0.1) is 5.92 Å². The van der Waals surface area contributed by atoms with Gasteiger partial charge in [0.15, 0.2) is 0 Å². The zero-order chi connectivity index (χ0) is 13.7. The van der Waals surface area contributed by atoms with Crippen molar-refractivity contribution in [3.63, 3.8) is 0 Å². The van der Waals surface area contributed by atoms with Crippen LogP contribution in [-0.4, -0.2) is 18.5 Å². The molecule has 2 N–H and O–H groups in total. The van der Waals surface area contributed by atoms with Gasteiger partial charge in [-0.3, -0.25) is 4.79 Å². The van der Waals surface area contributed by atoms with Gasteiger partial charge in [-0.25, -0.2) is 0 Å². The topological polar surface area (TPSA) is 41.1 Å². The third-order valence-electron chi connectivity index (χ3n) is 3.50. The normalized spacial score (nSPS) is 19.5. The molecule has 2 rings (SSSR count). The van der Waals surface area contributed by atoms with Crippen LogP contribution < -0.4 is 10.6 Å². The molecule has 1 aromatic carbocycles. The summed E-state index contributed by atoms with van der Waals surface area (Å²) < 4.78 is 0. The minimum Gasteiger partial charge on any atom is -0.355 e. The average Bonchev–Trinajstić information content (AvgIpc) is 2.39. The fourth-order valence-electron chi connectivity index (χ4n) is 2.47. The van der Waals surface area contributed by atoms with Gasteiger partial charge in [0, 0.05) is 13.1 Å². The van der Waals surface area contributed by atoms with Gasteiger partial charge in [0.1, 0.15) is 0 Å². The van der Waals surface area contributed by atoms with E-state index < -0.39 is 0 Å². The monoisotopic (exact) mass is 260 g/mol. The minimum absolute atomic E-state index is 0.0240. The van der Waals surface area contributed by atoms with Crippen LogP contribution in [0.2, 0.25) is 0 Å². The highest BCUT2D eigenvalue weighted by Crippen LogP contribution is 2.10. The first-order valence-corrected chi connectivity index (χ1v) is 7.24. The summed E-state index contributed by atoms with van der Waals surface area (Å²) in [7, 11) is 0. The van der Waals surface area contributed by atoms with E-state index in [1.807, 2.05) is 0 Å². The lowest BCUT2D eigenvalue weighted by atomic mass is 10.0. The lowest BCUT2D eigenvalue weighted by Crippen LogP contribution is -2.47. The predicted octanol–water partition coefficient (Wildman–Crippen LogP) is 2.25. The molecule has 0 saturated carbocycles. The fraction of sp³-hybridized carbons (Fsp3) is 0.562. The first-order chi connectivity index (χ1) is 9.15. The largest absolute Gasteiger partial charge is 0.355 e. The Kier molecular flexibility index (Phi) is 4.97. The van der Waals surface area contributed by atoms with Crippen molar-refractivity contribution < 1.29 is 4.79 Å². The van der Waals surface area contributed by atoms with Crippen molar-refractivity contribution >= 4 is 5.91 Å². The molecule has 0 radical (unpaired) electrons. The van der Waals surface area contributed by atoms with Gasteiger partial charge in [-0.1, -0.05) is 38.1 Å². The van der Waals surface area contributed by atoms with E-state index in [0.29, 0.717) is 5.92 Å². The minimum atomic E-state index is -0.0240. The third kappa shape index (κ3) is 4.35. The first kappa shape index (κ1) is 14.1. The molecule has 1 heterocycles. The highest BCUT2D eigenvalue weighted by Gasteiger charge is 2.20. The van der Waals surface area contributed by atoms with Gasteiger partial charge < -0.3 is 10.6 Å². The Morgan fingerprint density at radius 1 is 1.26 bits per heavy atom. The number of carbonyl (C=O) groups excluding carboxylic acids is 1. The van der Waals surface area contributed by atoms with Crippen LogP contribution in [0.4, 0.5) is 0 Å². The van der Waals surface area contributed by atoms with Crippen LogP contribution in [0.25, 0.3) is 0 Å². The molecule has 19 heavy (non-hydrogen) atoms. The quantitative estimate of drug-likeness (QED) is 0.852. The Balaban J connectivity index is 1.84. The Morgan fingerprint density at radius 3 is 2.58 bits per heavy atom. The Morgan fingerprint density at radius 2 is 1.95 bits per heavy atom. The molecule has 1 aliphatic heterocycles. The summed E-state index contributed by atoms with van der Waals surface area (Å²) in [6.07, 6.45) is 3.13. The summed E-state index contributed by atoms with van der Waals surface area (Å²) in [5.74, 6) is 0.831. The molecule has 1 atom stereocenters. The molecule has 0 aliphatic carbocycles. The molecule has 0 spiro atoms. The SMILES string of the molecule is CC(C)Cc1ccc(CNC2CCCNC2=O)cc1. The number of benzene rings is 1. The molecule has 104 valence electrons. The van der Waals surface area contributed by atoms with Gasteiger partial charge in [0.25, 0.3) is 0 Å².